The second kappa shape index (κ2) is 8.96. The van der Waals surface area contributed by atoms with Gasteiger partial charge in [0.2, 0.25) is 5.91 Å². The number of aromatic nitrogens is 3. The topological polar surface area (TPSA) is 94.0 Å². The maximum atomic E-state index is 14.5. The highest BCUT2D eigenvalue weighted by Crippen LogP contribution is 2.35. The first-order valence-corrected chi connectivity index (χ1v) is 9.36. The Kier molecular flexibility index (Phi) is 6.37. The number of allylic oxidation sites excluding steroid dienone is 1. The van der Waals surface area contributed by atoms with Crippen LogP contribution in [0.1, 0.15) is 34.8 Å². The van der Waals surface area contributed by atoms with Crippen molar-refractivity contribution in [3.8, 4) is 0 Å². The number of primary amides is 1. The van der Waals surface area contributed by atoms with Crippen molar-refractivity contribution < 1.29 is 18.7 Å². The predicted molar refractivity (Wildman–Crippen MR) is 108 cm³/mol. The molecule has 3 N–H and O–H groups in total. The molecule has 2 atom stereocenters. The van der Waals surface area contributed by atoms with Gasteiger partial charge >= 0.3 is 0 Å². The molecule has 3 aromatic rings. The maximum absolute atomic E-state index is 14.5. The fraction of sp³-hybridized carbons (Fsp3) is 0.227. The third-order valence-electron chi connectivity index (χ3n) is 5.08. The van der Waals surface area contributed by atoms with Crippen LogP contribution >= 0.6 is 0 Å². The van der Waals surface area contributed by atoms with Crippen molar-refractivity contribution in [2.24, 2.45) is 11.7 Å². The smallest absolute Gasteiger partial charge is 0.248 e. The molecule has 0 saturated heterocycles. The van der Waals surface area contributed by atoms with Crippen molar-refractivity contribution in [2.45, 2.75) is 25.5 Å². The molecule has 1 amide bonds. The van der Waals surface area contributed by atoms with Crippen LogP contribution in [0.15, 0.2) is 61.2 Å². The molecule has 1 heterocycles. The largest absolute Gasteiger partial charge is 0.383 e. The van der Waals surface area contributed by atoms with Crippen LogP contribution in [0.5, 0.6) is 0 Å². The van der Waals surface area contributed by atoms with Gasteiger partial charge in [-0.25, -0.2) is 18.4 Å². The van der Waals surface area contributed by atoms with E-state index >= 15 is 0 Å². The minimum atomic E-state index is -1.65. The van der Waals surface area contributed by atoms with Crippen LogP contribution in [-0.2, 0) is 12.1 Å². The van der Waals surface area contributed by atoms with Crippen LogP contribution in [0.3, 0.4) is 0 Å². The second-order valence-electron chi connectivity index (χ2n) is 7.17. The third-order valence-corrected chi connectivity index (χ3v) is 5.08. The van der Waals surface area contributed by atoms with E-state index in [9.17, 15) is 18.7 Å². The summed E-state index contributed by atoms with van der Waals surface area (Å²) < 4.78 is 29.3. The first-order chi connectivity index (χ1) is 14.3. The SMILES string of the molecule is C[C@@H](C/C=C/c1ccc(C(N)=O)cc1)[C@](O)(Cn1cncn1)c1ccc(F)cc1F. The van der Waals surface area contributed by atoms with Crippen molar-refractivity contribution in [1.29, 1.82) is 0 Å². The fourth-order valence-electron chi connectivity index (χ4n) is 3.27. The molecule has 1 aromatic heterocycles. The van der Waals surface area contributed by atoms with Gasteiger partial charge in [0, 0.05) is 17.2 Å². The molecule has 0 saturated carbocycles. The van der Waals surface area contributed by atoms with Gasteiger partial charge in [-0.3, -0.25) is 4.79 Å². The Labute approximate surface area is 172 Å². The van der Waals surface area contributed by atoms with Gasteiger partial charge < -0.3 is 10.8 Å². The quantitative estimate of drug-likeness (QED) is 0.594. The van der Waals surface area contributed by atoms with Crippen LogP contribution in [0.25, 0.3) is 6.08 Å². The van der Waals surface area contributed by atoms with Crippen molar-refractivity contribution in [3.05, 3.63) is 89.5 Å². The van der Waals surface area contributed by atoms with Gasteiger partial charge in [-0.15, -0.1) is 0 Å². The molecule has 30 heavy (non-hydrogen) atoms. The zero-order valence-corrected chi connectivity index (χ0v) is 16.4. The summed E-state index contributed by atoms with van der Waals surface area (Å²) in [6.45, 7) is 1.73. The Morgan fingerprint density at radius 2 is 2.00 bits per heavy atom. The van der Waals surface area contributed by atoms with Gasteiger partial charge in [-0.1, -0.05) is 37.3 Å². The van der Waals surface area contributed by atoms with E-state index in [0.29, 0.717) is 12.0 Å². The van der Waals surface area contributed by atoms with Crippen LogP contribution in [0, 0.1) is 17.6 Å². The molecule has 0 aliphatic carbocycles. The lowest BCUT2D eigenvalue weighted by atomic mass is 9.80. The highest BCUT2D eigenvalue weighted by atomic mass is 19.1. The standard InChI is InChI=1S/C22H22F2N4O2/c1-15(3-2-4-16-5-7-17(8-6-16)21(25)29)22(30,12-28-14-26-13-27-28)19-10-9-18(23)11-20(19)24/h2,4-11,13-15,30H,3,12H2,1H3,(H2,25,29)/b4-2+/t15-,22+/m0/s1. The van der Waals surface area contributed by atoms with E-state index in [2.05, 4.69) is 10.1 Å². The normalized spacial score (nSPS) is 14.5. The highest BCUT2D eigenvalue weighted by molar-refractivity contribution is 5.92. The fourth-order valence-corrected chi connectivity index (χ4v) is 3.27. The number of halogens is 2. The lowest BCUT2D eigenvalue weighted by molar-refractivity contribution is -0.0379. The Balaban J connectivity index is 1.82. The van der Waals surface area contributed by atoms with Crippen molar-refractivity contribution >= 4 is 12.0 Å². The number of hydrogen-bond donors (Lipinski definition) is 2. The average molecular weight is 412 g/mol. The first-order valence-electron chi connectivity index (χ1n) is 9.36. The minimum absolute atomic E-state index is 0.00823. The van der Waals surface area contributed by atoms with Crippen molar-refractivity contribution in [2.75, 3.05) is 0 Å². The Bertz CT molecular complexity index is 1040. The van der Waals surface area contributed by atoms with E-state index < -0.39 is 29.1 Å². The molecule has 3 rings (SSSR count). The number of rotatable bonds is 8. The minimum Gasteiger partial charge on any atom is -0.383 e. The number of hydrogen-bond acceptors (Lipinski definition) is 4. The Morgan fingerprint density at radius 1 is 1.27 bits per heavy atom. The summed E-state index contributed by atoms with van der Waals surface area (Å²) in [5, 5.41) is 15.5. The van der Waals surface area contributed by atoms with Gasteiger partial charge in [0.05, 0.1) is 6.54 Å². The van der Waals surface area contributed by atoms with Crippen molar-refractivity contribution in [3.63, 3.8) is 0 Å². The zero-order valence-electron chi connectivity index (χ0n) is 16.4. The van der Waals surface area contributed by atoms with Gasteiger partial charge in [0.25, 0.3) is 0 Å². The van der Waals surface area contributed by atoms with Gasteiger partial charge in [0.15, 0.2) is 0 Å². The van der Waals surface area contributed by atoms with Crippen LogP contribution in [0.4, 0.5) is 8.78 Å². The lowest BCUT2D eigenvalue weighted by Crippen LogP contribution is -2.39. The Morgan fingerprint density at radius 3 is 2.60 bits per heavy atom. The molecule has 0 aliphatic heterocycles. The summed E-state index contributed by atoms with van der Waals surface area (Å²) in [5.41, 5.74) is 4.84. The van der Waals surface area contributed by atoms with E-state index in [4.69, 9.17) is 5.73 Å². The Hall–Kier alpha value is -3.39. The zero-order chi connectivity index (χ0) is 21.7. The van der Waals surface area contributed by atoms with E-state index in [1.54, 1.807) is 31.2 Å². The molecule has 0 radical (unpaired) electrons. The molecule has 0 aliphatic rings. The molecular formula is C22H22F2N4O2. The summed E-state index contributed by atoms with van der Waals surface area (Å²) in [4.78, 5) is 15.0. The van der Waals surface area contributed by atoms with E-state index in [1.807, 2.05) is 12.2 Å². The summed E-state index contributed by atoms with van der Waals surface area (Å²) in [6.07, 6.45) is 6.83. The first kappa shape index (κ1) is 21.3. The molecule has 0 fully saturated rings. The van der Waals surface area contributed by atoms with Crippen LogP contribution in [0.2, 0.25) is 0 Å². The number of benzene rings is 2. The molecular weight excluding hydrogens is 390 g/mol. The van der Waals surface area contributed by atoms with E-state index in [-0.39, 0.29) is 12.1 Å². The number of carbonyl (C=O) groups is 1. The molecule has 2 aromatic carbocycles. The van der Waals surface area contributed by atoms with Crippen LogP contribution < -0.4 is 5.73 Å². The number of nitrogens with zero attached hydrogens (tertiary/aromatic N) is 3. The molecule has 0 spiro atoms. The molecule has 6 nitrogen and oxygen atoms in total. The third kappa shape index (κ3) is 4.77. The van der Waals surface area contributed by atoms with Crippen LogP contribution in [-0.4, -0.2) is 25.8 Å². The number of nitrogens with two attached hydrogens (primary N) is 1. The highest BCUT2D eigenvalue weighted by Gasteiger charge is 2.38. The van der Waals surface area contributed by atoms with Gasteiger partial charge in [0.1, 0.15) is 29.9 Å². The lowest BCUT2D eigenvalue weighted by Gasteiger charge is -2.34. The monoisotopic (exact) mass is 412 g/mol. The summed E-state index contributed by atoms with van der Waals surface area (Å²) in [7, 11) is 0. The second-order valence-corrected chi connectivity index (χ2v) is 7.17. The summed E-state index contributed by atoms with van der Waals surface area (Å²) in [6, 6.07) is 9.88. The summed E-state index contributed by atoms with van der Waals surface area (Å²) in [5.74, 6) is -2.48. The molecule has 0 bridgehead atoms. The van der Waals surface area contributed by atoms with Gasteiger partial charge in [-0.2, -0.15) is 5.10 Å². The predicted octanol–water partition coefficient (Wildman–Crippen LogP) is 3.28. The molecule has 156 valence electrons. The van der Waals surface area contributed by atoms with Gasteiger partial charge in [-0.05, 0) is 36.1 Å². The number of amides is 1. The molecule has 8 heteroatoms. The maximum Gasteiger partial charge on any atom is 0.248 e. The number of carbonyl (C=O) groups excluding carboxylic acids is 1. The van der Waals surface area contributed by atoms with E-state index in [1.165, 1.54) is 23.4 Å². The number of aliphatic hydroxyl groups is 1. The summed E-state index contributed by atoms with van der Waals surface area (Å²) >= 11 is 0. The average Bonchev–Trinajstić information content (AvgIpc) is 3.20. The van der Waals surface area contributed by atoms with Crippen molar-refractivity contribution in [1.82, 2.24) is 14.8 Å². The van der Waals surface area contributed by atoms with E-state index in [0.717, 1.165) is 17.7 Å². The molecule has 0 unspecified atom stereocenters.